The van der Waals surface area contributed by atoms with Crippen LogP contribution in [0.5, 0.6) is 0 Å². The molecule has 1 heterocycles. The van der Waals surface area contributed by atoms with Crippen molar-refractivity contribution >= 4 is 22.6 Å². The van der Waals surface area contributed by atoms with E-state index in [1.165, 1.54) is 16.3 Å². The molecule has 2 amide bonds. The van der Waals surface area contributed by atoms with Crippen molar-refractivity contribution in [1.82, 2.24) is 15.1 Å². The molecule has 0 radical (unpaired) electrons. The number of carbonyl (C=O) groups is 2. The second-order valence-corrected chi connectivity index (χ2v) is 7.79. The molecule has 3 rings (SSSR count). The van der Waals surface area contributed by atoms with Crippen LogP contribution in [0.3, 0.4) is 0 Å². The molecule has 29 heavy (non-hydrogen) atoms. The summed E-state index contributed by atoms with van der Waals surface area (Å²) in [7, 11) is 1.63. The monoisotopic (exact) mass is 397 g/mol. The standard InChI is InChI=1S/C23H31N3O3/c1-17(2)26(13-14-29-3)22(27)15-21-23(28)24-11-12-25(21)16-19-9-6-8-18-7-4-5-10-20(18)19/h4-10,17,21H,11-16H2,1-3H3,(H,24,28)/t21-/m1/s1. The second kappa shape index (κ2) is 9.85. The Morgan fingerprint density at radius 1 is 1.24 bits per heavy atom. The van der Waals surface area contributed by atoms with Crippen molar-refractivity contribution < 1.29 is 14.3 Å². The molecule has 2 aromatic carbocycles. The van der Waals surface area contributed by atoms with E-state index in [9.17, 15) is 9.59 Å². The smallest absolute Gasteiger partial charge is 0.237 e. The maximum atomic E-state index is 13.0. The molecule has 1 aliphatic rings. The van der Waals surface area contributed by atoms with E-state index in [0.29, 0.717) is 26.2 Å². The van der Waals surface area contributed by atoms with Crippen LogP contribution in [0.25, 0.3) is 10.8 Å². The van der Waals surface area contributed by atoms with E-state index >= 15 is 0 Å². The molecule has 0 saturated carbocycles. The number of rotatable bonds is 8. The highest BCUT2D eigenvalue weighted by molar-refractivity contribution is 5.89. The molecule has 0 spiro atoms. The molecule has 1 N–H and O–H groups in total. The zero-order valence-electron chi connectivity index (χ0n) is 17.6. The van der Waals surface area contributed by atoms with Crippen molar-refractivity contribution in [2.75, 3.05) is 33.4 Å². The average Bonchev–Trinajstić information content (AvgIpc) is 2.71. The van der Waals surface area contributed by atoms with E-state index in [4.69, 9.17) is 4.74 Å². The number of hydrogen-bond donors (Lipinski definition) is 1. The molecule has 1 atom stereocenters. The fraction of sp³-hybridized carbons (Fsp3) is 0.478. The maximum Gasteiger partial charge on any atom is 0.237 e. The van der Waals surface area contributed by atoms with E-state index in [1.807, 2.05) is 32.0 Å². The van der Waals surface area contributed by atoms with Crippen molar-refractivity contribution in [3.63, 3.8) is 0 Å². The molecule has 6 heteroatoms. The molecular weight excluding hydrogens is 366 g/mol. The Morgan fingerprint density at radius 2 is 2.00 bits per heavy atom. The van der Waals surface area contributed by atoms with Crippen LogP contribution in [-0.2, 0) is 20.9 Å². The van der Waals surface area contributed by atoms with Crippen LogP contribution < -0.4 is 5.32 Å². The van der Waals surface area contributed by atoms with Gasteiger partial charge in [-0.3, -0.25) is 14.5 Å². The molecule has 2 aromatic rings. The van der Waals surface area contributed by atoms with Gasteiger partial charge in [-0.25, -0.2) is 0 Å². The number of hydrogen-bond acceptors (Lipinski definition) is 4. The van der Waals surface area contributed by atoms with Gasteiger partial charge in [0.1, 0.15) is 0 Å². The number of piperazine rings is 1. The first-order valence-corrected chi connectivity index (χ1v) is 10.3. The molecule has 6 nitrogen and oxygen atoms in total. The summed E-state index contributed by atoms with van der Waals surface area (Å²) in [6.07, 6.45) is 0.179. The van der Waals surface area contributed by atoms with Gasteiger partial charge in [0.2, 0.25) is 11.8 Å². The van der Waals surface area contributed by atoms with Crippen molar-refractivity contribution in [3.05, 3.63) is 48.0 Å². The summed E-state index contributed by atoms with van der Waals surface area (Å²) in [5.74, 6) is -0.0812. The Morgan fingerprint density at radius 3 is 2.76 bits per heavy atom. The van der Waals surface area contributed by atoms with Gasteiger partial charge in [-0.2, -0.15) is 0 Å². The lowest BCUT2D eigenvalue weighted by atomic mass is 10.0. The number of methoxy groups -OCH3 is 1. The van der Waals surface area contributed by atoms with Gasteiger partial charge in [0.25, 0.3) is 0 Å². The second-order valence-electron chi connectivity index (χ2n) is 7.79. The quantitative estimate of drug-likeness (QED) is 0.743. The predicted molar refractivity (Wildman–Crippen MR) is 114 cm³/mol. The van der Waals surface area contributed by atoms with E-state index in [2.05, 4.69) is 34.5 Å². The van der Waals surface area contributed by atoms with Gasteiger partial charge < -0.3 is 15.0 Å². The number of fused-ring (bicyclic) bond motifs is 1. The van der Waals surface area contributed by atoms with Crippen LogP contribution in [0, 0.1) is 0 Å². The first-order valence-electron chi connectivity index (χ1n) is 10.3. The Kier molecular flexibility index (Phi) is 7.23. The zero-order chi connectivity index (χ0) is 20.8. The third kappa shape index (κ3) is 5.14. The van der Waals surface area contributed by atoms with Gasteiger partial charge in [-0.15, -0.1) is 0 Å². The lowest BCUT2D eigenvalue weighted by molar-refractivity contribution is -0.140. The van der Waals surface area contributed by atoms with Crippen molar-refractivity contribution in [1.29, 1.82) is 0 Å². The Hall–Kier alpha value is -2.44. The Bertz CT molecular complexity index is 847. The van der Waals surface area contributed by atoms with Crippen LogP contribution in [0.2, 0.25) is 0 Å². The zero-order valence-corrected chi connectivity index (χ0v) is 17.6. The molecule has 1 aliphatic heterocycles. The first kappa shape index (κ1) is 21.3. The number of amides is 2. The summed E-state index contributed by atoms with van der Waals surface area (Å²) in [5.41, 5.74) is 1.18. The van der Waals surface area contributed by atoms with Gasteiger partial charge in [-0.05, 0) is 30.2 Å². The molecule has 1 saturated heterocycles. The topological polar surface area (TPSA) is 61.9 Å². The summed E-state index contributed by atoms with van der Waals surface area (Å²) >= 11 is 0. The van der Waals surface area contributed by atoms with E-state index < -0.39 is 6.04 Å². The van der Waals surface area contributed by atoms with Crippen LogP contribution in [0.1, 0.15) is 25.8 Å². The fourth-order valence-electron chi connectivity index (χ4n) is 3.97. The summed E-state index contributed by atoms with van der Waals surface area (Å²) < 4.78 is 5.14. The Labute approximate surface area is 172 Å². The number of nitrogens with zero attached hydrogens (tertiary/aromatic N) is 2. The van der Waals surface area contributed by atoms with E-state index in [0.717, 1.165) is 6.54 Å². The van der Waals surface area contributed by atoms with Gasteiger partial charge in [0.15, 0.2) is 0 Å². The fourth-order valence-corrected chi connectivity index (χ4v) is 3.97. The maximum absolute atomic E-state index is 13.0. The van der Waals surface area contributed by atoms with Crippen molar-refractivity contribution in [2.45, 2.75) is 38.9 Å². The minimum Gasteiger partial charge on any atom is -0.383 e. The Balaban J connectivity index is 1.78. The SMILES string of the molecule is COCCN(C(=O)C[C@@H]1C(=O)NCCN1Cc1cccc2ccccc12)C(C)C. The molecule has 1 fully saturated rings. The van der Waals surface area contributed by atoms with Gasteiger partial charge >= 0.3 is 0 Å². The number of ether oxygens (including phenoxy) is 1. The lowest BCUT2D eigenvalue weighted by Crippen LogP contribution is -2.56. The molecule has 0 aliphatic carbocycles. The van der Waals surface area contributed by atoms with Crippen molar-refractivity contribution in [3.8, 4) is 0 Å². The third-order valence-electron chi connectivity index (χ3n) is 5.54. The molecule has 0 aromatic heterocycles. The van der Waals surface area contributed by atoms with Gasteiger partial charge in [-0.1, -0.05) is 42.5 Å². The highest BCUT2D eigenvalue weighted by atomic mass is 16.5. The van der Waals surface area contributed by atoms with Crippen LogP contribution in [0.15, 0.2) is 42.5 Å². The van der Waals surface area contributed by atoms with Crippen LogP contribution >= 0.6 is 0 Å². The molecular formula is C23H31N3O3. The third-order valence-corrected chi connectivity index (χ3v) is 5.54. The molecule has 156 valence electrons. The number of benzene rings is 2. The highest BCUT2D eigenvalue weighted by Gasteiger charge is 2.33. The molecule has 0 bridgehead atoms. The van der Waals surface area contributed by atoms with Crippen molar-refractivity contribution in [2.24, 2.45) is 0 Å². The first-order chi connectivity index (χ1) is 14.0. The van der Waals surface area contributed by atoms with E-state index in [1.54, 1.807) is 12.0 Å². The minimum atomic E-state index is -0.459. The van der Waals surface area contributed by atoms with E-state index in [-0.39, 0.29) is 24.3 Å². The predicted octanol–water partition coefficient (Wildman–Crippen LogP) is 2.41. The number of nitrogens with one attached hydrogen (secondary N) is 1. The normalized spacial score (nSPS) is 17.5. The summed E-state index contributed by atoms with van der Waals surface area (Å²) in [6.45, 7) is 6.97. The summed E-state index contributed by atoms with van der Waals surface area (Å²) in [6, 6.07) is 14.1. The lowest BCUT2D eigenvalue weighted by Gasteiger charge is -2.36. The highest BCUT2D eigenvalue weighted by Crippen LogP contribution is 2.22. The average molecular weight is 398 g/mol. The summed E-state index contributed by atoms with van der Waals surface area (Å²) in [5, 5.41) is 5.30. The molecule has 0 unspecified atom stereocenters. The largest absolute Gasteiger partial charge is 0.383 e. The van der Waals surface area contributed by atoms with Crippen LogP contribution in [-0.4, -0.2) is 67.0 Å². The van der Waals surface area contributed by atoms with Gasteiger partial charge in [0, 0.05) is 39.3 Å². The summed E-state index contributed by atoms with van der Waals surface area (Å²) in [4.78, 5) is 29.6. The number of carbonyl (C=O) groups excluding carboxylic acids is 2. The van der Waals surface area contributed by atoms with Gasteiger partial charge in [0.05, 0.1) is 19.1 Å². The van der Waals surface area contributed by atoms with Crippen LogP contribution in [0.4, 0.5) is 0 Å². The minimum absolute atomic E-state index is 0.0120.